The van der Waals surface area contributed by atoms with E-state index in [-0.39, 0.29) is 47.1 Å². The van der Waals surface area contributed by atoms with Crippen LogP contribution in [0.25, 0.3) is 0 Å². The Morgan fingerprint density at radius 1 is 1.17 bits per heavy atom. The lowest BCUT2D eigenvalue weighted by atomic mass is 9.47. The molecule has 3 N–H and O–H groups in total. The van der Waals surface area contributed by atoms with Crippen molar-refractivity contribution >= 4 is 5.78 Å². The summed E-state index contributed by atoms with van der Waals surface area (Å²) in [5, 5.41) is 33.4. The van der Waals surface area contributed by atoms with Gasteiger partial charge in [-0.2, -0.15) is 0 Å². The number of carbonyl (C=O) groups is 1. The first-order valence-corrected chi connectivity index (χ1v) is 14.3. The molecule has 0 aromatic heterocycles. The van der Waals surface area contributed by atoms with Crippen LogP contribution in [0, 0.1) is 40.4 Å². The molecule has 0 bridgehead atoms. The first-order chi connectivity index (χ1) is 16.7. The molecular formula is C30H46O5. The maximum Gasteiger partial charge on any atom is 0.178 e. The van der Waals surface area contributed by atoms with Gasteiger partial charge < -0.3 is 20.1 Å². The molecule has 5 heteroatoms. The predicted octanol–water partition coefficient (Wildman–Crippen LogP) is 4.94. The SMILES string of the molecule is CC[C@](O)(O[C@@H]1C[C@H]2C3CCC4=CC(=O)C=CC4(C)[C@H]3C(O)CC2(C)[C@H]1CCO)C1CCCCC1. The van der Waals surface area contributed by atoms with Crippen molar-refractivity contribution in [3.63, 3.8) is 0 Å². The van der Waals surface area contributed by atoms with Crippen LogP contribution in [-0.2, 0) is 9.53 Å². The van der Waals surface area contributed by atoms with Crippen LogP contribution in [0.4, 0.5) is 0 Å². The number of hydrogen-bond acceptors (Lipinski definition) is 5. The number of carbonyl (C=O) groups excluding carboxylic acids is 1. The second-order valence-corrected chi connectivity index (χ2v) is 12.8. The van der Waals surface area contributed by atoms with Gasteiger partial charge in [0.2, 0.25) is 0 Å². The zero-order valence-electron chi connectivity index (χ0n) is 21.9. The molecule has 5 aliphatic carbocycles. The molecular weight excluding hydrogens is 440 g/mol. The van der Waals surface area contributed by atoms with Gasteiger partial charge in [0.15, 0.2) is 11.6 Å². The molecule has 5 rings (SSSR count). The van der Waals surface area contributed by atoms with Crippen LogP contribution < -0.4 is 0 Å². The third-order valence-corrected chi connectivity index (χ3v) is 11.3. The third kappa shape index (κ3) is 4.09. The first kappa shape index (κ1) is 25.6. The lowest BCUT2D eigenvalue weighted by Crippen LogP contribution is -2.56. The molecule has 196 valence electrons. The summed E-state index contributed by atoms with van der Waals surface area (Å²) >= 11 is 0. The van der Waals surface area contributed by atoms with E-state index in [9.17, 15) is 20.1 Å². The number of aliphatic hydroxyl groups is 3. The van der Waals surface area contributed by atoms with Crippen LogP contribution >= 0.6 is 0 Å². The van der Waals surface area contributed by atoms with Gasteiger partial charge in [-0.1, -0.05) is 51.7 Å². The molecule has 0 aromatic carbocycles. The smallest absolute Gasteiger partial charge is 0.178 e. The van der Waals surface area contributed by atoms with Crippen LogP contribution in [0.5, 0.6) is 0 Å². The van der Waals surface area contributed by atoms with E-state index in [0.717, 1.165) is 44.9 Å². The number of ether oxygens (including phenoxy) is 1. The Hall–Kier alpha value is -1.01. The third-order valence-electron chi connectivity index (χ3n) is 11.3. The molecule has 0 amide bonds. The van der Waals surface area contributed by atoms with Crippen molar-refractivity contribution in [1.82, 2.24) is 0 Å². The Bertz CT molecular complexity index is 874. The second-order valence-electron chi connectivity index (χ2n) is 12.8. The fourth-order valence-corrected chi connectivity index (χ4v) is 9.48. The monoisotopic (exact) mass is 486 g/mol. The molecule has 0 aromatic rings. The number of aliphatic hydroxyl groups excluding tert-OH is 2. The maximum absolute atomic E-state index is 12.1. The number of hydrogen-bond donors (Lipinski definition) is 3. The Morgan fingerprint density at radius 3 is 2.60 bits per heavy atom. The minimum Gasteiger partial charge on any atom is -0.396 e. The molecule has 0 spiro atoms. The molecule has 0 saturated heterocycles. The lowest BCUT2D eigenvalue weighted by Gasteiger charge is -2.58. The van der Waals surface area contributed by atoms with E-state index < -0.39 is 11.9 Å². The minimum absolute atomic E-state index is 0.0602. The van der Waals surface area contributed by atoms with Crippen LogP contribution in [-0.4, -0.2) is 45.7 Å². The summed E-state index contributed by atoms with van der Waals surface area (Å²) < 4.78 is 6.76. The van der Waals surface area contributed by atoms with Gasteiger partial charge in [-0.05, 0) is 86.7 Å². The van der Waals surface area contributed by atoms with Crippen molar-refractivity contribution < 1.29 is 24.9 Å². The van der Waals surface area contributed by atoms with Gasteiger partial charge in [-0.3, -0.25) is 4.79 Å². The van der Waals surface area contributed by atoms with E-state index in [4.69, 9.17) is 4.74 Å². The molecule has 4 unspecified atom stereocenters. The van der Waals surface area contributed by atoms with Crippen molar-refractivity contribution in [1.29, 1.82) is 0 Å². The normalized spacial score (nSPS) is 45.3. The zero-order valence-corrected chi connectivity index (χ0v) is 21.9. The second kappa shape index (κ2) is 9.38. The number of ketones is 1. The van der Waals surface area contributed by atoms with Gasteiger partial charge in [-0.25, -0.2) is 0 Å². The molecule has 0 heterocycles. The Labute approximate surface area is 211 Å². The highest BCUT2D eigenvalue weighted by molar-refractivity contribution is 6.01. The molecule has 5 nitrogen and oxygen atoms in total. The fourth-order valence-electron chi connectivity index (χ4n) is 9.48. The quantitative estimate of drug-likeness (QED) is 0.463. The Morgan fingerprint density at radius 2 is 1.91 bits per heavy atom. The molecule has 5 aliphatic rings. The summed E-state index contributed by atoms with van der Waals surface area (Å²) in [5.41, 5.74) is 0.750. The highest BCUT2D eigenvalue weighted by atomic mass is 16.6. The van der Waals surface area contributed by atoms with Crippen LogP contribution in [0.3, 0.4) is 0 Å². The van der Waals surface area contributed by atoms with Crippen molar-refractivity contribution in [2.24, 2.45) is 40.4 Å². The molecule has 4 fully saturated rings. The van der Waals surface area contributed by atoms with Gasteiger partial charge in [0, 0.05) is 23.9 Å². The van der Waals surface area contributed by atoms with Crippen LogP contribution in [0.2, 0.25) is 0 Å². The average molecular weight is 487 g/mol. The summed E-state index contributed by atoms with van der Waals surface area (Å²) in [6.07, 6.45) is 15.2. The van der Waals surface area contributed by atoms with E-state index in [1.54, 1.807) is 12.2 Å². The largest absolute Gasteiger partial charge is 0.396 e. The van der Waals surface area contributed by atoms with E-state index in [1.807, 2.05) is 6.92 Å². The summed E-state index contributed by atoms with van der Waals surface area (Å²) in [5.74, 6) is 0.0322. The van der Waals surface area contributed by atoms with Gasteiger partial charge in [-0.15, -0.1) is 0 Å². The highest BCUT2D eigenvalue weighted by Crippen LogP contribution is 2.67. The zero-order chi connectivity index (χ0) is 25.0. The van der Waals surface area contributed by atoms with Crippen LogP contribution in [0.15, 0.2) is 23.8 Å². The number of rotatable bonds is 6. The van der Waals surface area contributed by atoms with Gasteiger partial charge in [0.05, 0.1) is 12.2 Å². The van der Waals surface area contributed by atoms with E-state index in [0.29, 0.717) is 31.1 Å². The van der Waals surface area contributed by atoms with Gasteiger partial charge >= 0.3 is 0 Å². The van der Waals surface area contributed by atoms with Crippen molar-refractivity contribution in [3.05, 3.63) is 23.8 Å². The number of allylic oxidation sites excluding steroid dienone is 4. The molecule has 4 saturated carbocycles. The molecule has 0 radical (unpaired) electrons. The first-order valence-electron chi connectivity index (χ1n) is 14.3. The minimum atomic E-state index is -1.11. The Balaban J connectivity index is 1.45. The predicted molar refractivity (Wildman–Crippen MR) is 135 cm³/mol. The van der Waals surface area contributed by atoms with Gasteiger partial charge in [0.1, 0.15) is 0 Å². The van der Waals surface area contributed by atoms with E-state index in [1.165, 1.54) is 12.0 Å². The lowest BCUT2D eigenvalue weighted by molar-refractivity contribution is -0.274. The summed E-state index contributed by atoms with van der Waals surface area (Å²) in [7, 11) is 0. The van der Waals surface area contributed by atoms with E-state index in [2.05, 4.69) is 19.9 Å². The summed E-state index contributed by atoms with van der Waals surface area (Å²) in [6.45, 7) is 6.64. The van der Waals surface area contributed by atoms with Crippen molar-refractivity contribution in [2.45, 2.75) is 109 Å². The van der Waals surface area contributed by atoms with Gasteiger partial charge in [0.25, 0.3) is 0 Å². The fraction of sp³-hybridized carbons (Fsp3) is 0.833. The summed E-state index contributed by atoms with van der Waals surface area (Å²) in [6, 6.07) is 0. The molecule has 35 heavy (non-hydrogen) atoms. The Kier molecular flexibility index (Phi) is 6.87. The average Bonchev–Trinajstić information content (AvgIpc) is 3.10. The molecule has 9 atom stereocenters. The number of fused-ring (bicyclic) bond motifs is 5. The standard InChI is InChI=1S/C30H46O5/c1-4-30(34,19-8-6-5-7-9-19)35-26-17-24-22-11-10-20-16-21(32)12-14-28(20,2)27(22)25(33)18-29(24,3)23(26)13-15-31/h12,14,16,19,22-27,31,33-34H,4-11,13,15,17-18H2,1-3H3/t22?,23-,24-,25?,26+,27+,28?,29?,30-/m0/s1. The van der Waals surface area contributed by atoms with E-state index >= 15 is 0 Å². The summed E-state index contributed by atoms with van der Waals surface area (Å²) in [4.78, 5) is 12.1. The van der Waals surface area contributed by atoms with Crippen molar-refractivity contribution in [3.8, 4) is 0 Å². The van der Waals surface area contributed by atoms with Crippen molar-refractivity contribution in [2.75, 3.05) is 6.61 Å². The topological polar surface area (TPSA) is 87.0 Å². The maximum atomic E-state index is 12.1. The highest BCUT2D eigenvalue weighted by Gasteiger charge is 2.64. The molecule has 0 aliphatic heterocycles. The van der Waals surface area contributed by atoms with Crippen LogP contribution in [0.1, 0.15) is 91.4 Å².